The summed E-state index contributed by atoms with van der Waals surface area (Å²) in [4.78, 5) is 0. The number of rotatable bonds is 7. The van der Waals surface area contributed by atoms with E-state index in [1.54, 1.807) is 0 Å². The molecule has 0 amide bonds. The lowest BCUT2D eigenvalue weighted by molar-refractivity contribution is 0.591. The highest BCUT2D eigenvalue weighted by Crippen LogP contribution is 2.18. The van der Waals surface area contributed by atoms with E-state index in [-0.39, 0.29) is 5.82 Å². The van der Waals surface area contributed by atoms with Gasteiger partial charge in [-0.25, -0.2) is 4.39 Å². The van der Waals surface area contributed by atoms with Crippen LogP contribution in [0.5, 0.6) is 0 Å². The normalized spacial score (nSPS) is 15.2. The Hall–Kier alpha value is -0.450. The highest BCUT2D eigenvalue weighted by molar-refractivity contribution is 9.10. The van der Waals surface area contributed by atoms with Crippen LogP contribution in [0.25, 0.3) is 0 Å². The molecular weight excluding hydrogens is 283 g/mol. The zero-order valence-corrected chi connectivity index (χ0v) is 11.4. The van der Waals surface area contributed by atoms with Gasteiger partial charge in [0, 0.05) is 17.1 Å². The van der Waals surface area contributed by atoms with E-state index in [0.29, 0.717) is 0 Å². The van der Waals surface area contributed by atoms with E-state index in [2.05, 4.69) is 26.6 Å². The van der Waals surface area contributed by atoms with Crippen molar-refractivity contribution in [2.75, 3.05) is 13.1 Å². The van der Waals surface area contributed by atoms with Crippen LogP contribution in [0.2, 0.25) is 0 Å². The lowest BCUT2D eigenvalue weighted by atomic mass is 10.2. The van der Waals surface area contributed by atoms with Crippen molar-refractivity contribution in [1.29, 1.82) is 0 Å². The highest BCUT2D eigenvalue weighted by Gasteiger charge is 2.19. The number of halogens is 2. The van der Waals surface area contributed by atoms with Crippen LogP contribution in [0.1, 0.15) is 24.8 Å². The number of benzene rings is 1. The smallest absolute Gasteiger partial charge is 0.124 e. The maximum Gasteiger partial charge on any atom is 0.124 e. The molecule has 1 aliphatic rings. The maximum atomic E-state index is 12.9. The summed E-state index contributed by atoms with van der Waals surface area (Å²) in [5, 5.41) is 6.84. The predicted molar refractivity (Wildman–Crippen MR) is 71.4 cm³/mol. The molecule has 2 rings (SSSR count). The molecule has 0 unspecified atom stereocenters. The van der Waals surface area contributed by atoms with Gasteiger partial charge in [-0.05, 0) is 50.0 Å². The number of nitrogens with one attached hydrogen (secondary N) is 2. The molecule has 2 nitrogen and oxygen atoms in total. The van der Waals surface area contributed by atoms with Crippen LogP contribution in [-0.4, -0.2) is 19.1 Å². The van der Waals surface area contributed by atoms with Crippen molar-refractivity contribution in [3.63, 3.8) is 0 Å². The summed E-state index contributed by atoms with van der Waals surface area (Å²) in [5.74, 6) is -0.200. The summed E-state index contributed by atoms with van der Waals surface area (Å²) >= 11 is 3.36. The van der Waals surface area contributed by atoms with Crippen molar-refractivity contribution < 1.29 is 4.39 Å². The molecule has 0 atom stereocenters. The molecule has 1 fully saturated rings. The topological polar surface area (TPSA) is 24.1 Å². The lowest BCUT2D eigenvalue weighted by Gasteiger charge is -2.07. The third kappa shape index (κ3) is 4.74. The van der Waals surface area contributed by atoms with Gasteiger partial charge in [-0.2, -0.15) is 0 Å². The monoisotopic (exact) mass is 300 g/mol. The summed E-state index contributed by atoms with van der Waals surface area (Å²) in [6, 6.07) is 5.61. The summed E-state index contributed by atoms with van der Waals surface area (Å²) in [7, 11) is 0. The summed E-state index contributed by atoms with van der Waals surface area (Å²) in [6.45, 7) is 2.86. The summed E-state index contributed by atoms with van der Waals surface area (Å²) in [6.07, 6.45) is 3.82. The average molecular weight is 301 g/mol. The van der Waals surface area contributed by atoms with E-state index < -0.39 is 0 Å². The molecule has 1 aliphatic carbocycles. The molecule has 17 heavy (non-hydrogen) atoms. The fraction of sp³-hybridized carbons (Fsp3) is 0.538. The molecule has 94 valence electrons. The van der Waals surface area contributed by atoms with Crippen molar-refractivity contribution in [1.82, 2.24) is 10.6 Å². The summed E-state index contributed by atoms with van der Waals surface area (Å²) in [5.41, 5.74) is 1.10. The van der Waals surface area contributed by atoms with Crippen LogP contribution in [0, 0.1) is 5.82 Å². The second-order valence-electron chi connectivity index (χ2n) is 4.49. The SMILES string of the molecule is Fc1ccc(CNCCCNC2CC2)c(Br)c1. The van der Waals surface area contributed by atoms with Crippen molar-refractivity contribution in [2.45, 2.75) is 31.8 Å². The molecule has 1 aromatic rings. The zero-order valence-electron chi connectivity index (χ0n) is 9.81. The molecule has 1 saturated carbocycles. The van der Waals surface area contributed by atoms with Gasteiger partial charge in [0.05, 0.1) is 0 Å². The van der Waals surface area contributed by atoms with Crippen LogP contribution in [-0.2, 0) is 6.54 Å². The number of hydrogen-bond acceptors (Lipinski definition) is 2. The van der Waals surface area contributed by atoms with Crippen molar-refractivity contribution >= 4 is 15.9 Å². The van der Waals surface area contributed by atoms with E-state index >= 15 is 0 Å². The minimum absolute atomic E-state index is 0.200. The minimum Gasteiger partial charge on any atom is -0.314 e. The van der Waals surface area contributed by atoms with Crippen molar-refractivity contribution in [3.8, 4) is 0 Å². The quantitative estimate of drug-likeness (QED) is 0.757. The zero-order chi connectivity index (χ0) is 12.1. The van der Waals surface area contributed by atoms with Crippen LogP contribution in [0.3, 0.4) is 0 Å². The van der Waals surface area contributed by atoms with Gasteiger partial charge in [-0.1, -0.05) is 22.0 Å². The highest BCUT2D eigenvalue weighted by atomic mass is 79.9. The third-order valence-electron chi connectivity index (χ3n) is 2.87. The Morgan fingerprint density at radius 3 is 2.82 bits per heavy atom. The van der Waals surface area contributed by atoms with Gasteiger partial charge in [0.25, 0.3) is 0 Å². The van der Waals surface area contributed by atoms with E-state index in [4.69, 9.17) is 0 Å². The van der Waals surface area contributed by atoms with E-state index in [1.165, 1.54) is 25.0 Å². The fourth-order valence-corrected chi connectivity index (χ4v) is 2.19. The van der Waals surface area contributed by atoms with Gasteiger partial charge < -0.3 is 10.6 Å². The first-order valence-corrected chi connectivity index (χ1v) is 6.93. The van der Waals surface area contributed by atoms with Gasteiger partial charge >= 0.3 is 0 Å². The molecule has 1 aromatic carbocycles. The molecule has 0 heterocycles. The van der Waals surface area contributed by atoms with Gasteiger partial charge in [0.15, 0.2) is 0 Å². The molecule has 0 saturated heterocycles. The van der Waals surface area contributed by atoms with Crippen molar-refractivity contribution in [3.05, 3.63) is 34.1 Å². The first-order valence-electron chi connectivity index (χ1n) is 6.14. The van der Waals surface area contributed by atoms with Gasteiger partial charge in [0.1, 0.15) is 5.82 Å². The van der Waals surface area contributed by atoms with Crippen molar-refractivity contribution in [2.24, 2.45) is 0 Å². The predicted octanol–water partition coefficient (Wildman–Crippen LogP) is 2.82. The standard InChI is InChI=1S/C13H18BrFN2/c14-13-8-11(15)3-2-10(13)9-16-6-1-7-17-12-4-5-12/h2-3,8,12,16-17H,1,4-7,9H2. The Labute approximate surface area is 110 Å². The Balaban J connectivity index is 1.60. The van der Waals surface area contributed by atoms with Crippen LogP contribution in [0.4, 0.5) is 4.39 Å². The van der Waals surface area contributed by atoms with Gasteiger partial charge in [-0.3, -0.25) is 0 Å². The largest absolute Gasteiger partial charge is 0.314 e. The Morgan fingerprint density at radius 2 is 2.12 bits per heavy atom. The molecule has 0 aromatic heterocycles. The molecule has 0 spiro atoms. The second kappa shape index (κ2) is 6.47. The van der Waals surface area contributed by atoms with Crippen LogP contribution in [0.15, 0.2) is 22.7 Å². The third-order valence-corrected chi connectivity index (χ3v) is 3.61. The average Bonchev–Trinajstić information content (AvgIpc) is 3.09. The lowest BCUT2D eigenvalue weighted by Crippen LogP contribution is -2.23. The van der Waals surface area contributed by atoms with Gasteiger partial charge in [0.2, 0.25) is 0 Å². The second-order valence-corrected chi connectivity index (χ2v) is 5.35. The molecular formula is C13H18BrFN2. The minimum atomic E-state index is -0.200. The van der Waals surface area contributed by atoms with Crippen LogP contribution < -0.4 is 10.6 Å². The maximum absolute atomic E-state index is 12.9. The Kier molecular flexibility index (Phi) is 4.95. The van der Waals surface area contributed by atoms with E-state index in [1.807, 2.05) is 6.07 Å². The van der Waals surface area contributed by atoms with E-state index in [9.17, 15) is 4.39 Å². The van der Waals surface area contributed by atoms with E-state index in [0.717, 1.165) is 42.1 Å². The Bertz CT molecular complexity index is 366. The van der Waals surface area contributed by atoms with Gasteiger partial charge in [-0.15, -0.1) is 0 Å². The van der Waals surface area contributed by atoms with Crippen LogP contribution >= 0.6 is 15.9 Å². The molecule has 2 N–H and O–H groups in total. The molecule has 0 radical (unpaired) electrons. The first-order chi connectivity index (χ1) is 8.25. The summed E-state index contributed by atoms with van der Waals surface area (Å²) < 4.78 is 13.7. The number of hydrogen-bond donors (Lipinski definition) is 2. The fourth-order valence-electron chi connectivity index (χ4n) is 1.70. The molecule has 0 bridgehead atoms. The molecule has 0 aliphatic heterocycles. The Morgan fingerprint density at radius 1 is 1.29 bits per heavy atom. The first kappa shape index (κ1) is 13.0. The molecule has 4 heteroatoms.